The normalized spacial score (nSPS) is 11.9. The first kappa shape index (κ1) is 20.0. The van der Waals surface area contributed by atoms with Crippen LogP contribution in [0, 0.1) is 12.7 Å². The number of methoxy groups -OCH3 is 1. The number of hydrogen-bond acceptors (Lipinski definition) is 4. The Balaban J connectivity index is 1.90. The second-order valence-electron chi connectivity index (χ2n) is 6.51. The molecule has 3 rings (SSSR count). The maximum Gasteiger partial charge on any atom is 0.126 e. The van der Waals surface area contributed by atoms with Gasteiger partial charge in [-0.1, -0.05) is 29.8 Å². The second kappa shape index (κ2) is 8.50. The summed E-state index contributed by atoms with van der Waals surface area (Å²) >= 11 is 6.15. The van der Waals surface area contributed by atoms with Crippen LogP contribution in [-0.2, 0) is 6.54 Å². The molecule has 0 aliphatic rings. The fraction of sp³-hybridized carbons (Fsp3) is 0.182. The van der Waals surface area contributed by atoms with Crippen molar-refractivity contribution in [2.24, 2.45) is 0 Å². The number of halogens is 2. The van der Waals surface area contributed by atoms with Crippen molar-refractivity contribution in [1.29, 1.82) is 0 Å². The van der Waals surface area contributed by atoms with Gasteiger partial charge in [0, 0.05) is 34.6 Å². The molecular weight excluding hydrogens is 379 g/mol. The lowest BCUT2D eigenvalue weighted by atomic mass is 9.96. The molecule has 0 aliphatic heterocycles. The summed E-state index contributed by atoms with van der Waals surface area (Å²) in [5.74, 6) is 0.324. The minimum Gasteiger partial charge on any atom is -0.497 e. The zero-order chi connectivity index (χ0) is 20.3. The molecule has 1 unspecified atom stereocenters. The van der Waals surface area contributed by atoms with Crippen molar-refractivity contribution in [3.63, 3.8) is 0 Å². The maximum atomic E-state index is 13.9. The third-order valence-corrected chi connectivity index (χ3v) is 4.97. The van der Waals surface area contributed by atoms with Gasteiger partial charge in [-0.15, -0.1) is 0 Å². The van der Waals surface area contributed by atoms with Crippen molar-refractivity contribution in [2.75, 3.05) is 18.2 Å². The van der Waals surface area contributed by atoms with Crippen LogP contribution >= 0.6 is 11.6 Å². The highest BCUT2D eigenvalue weighted by Crippen LogP contribution is 2.33. The van der Waals surface area contributed by atoms with E-state index in [1.54, 1.807) is 50.4 Å². The highest BCUT2D eigenvalue weighted by atomic mass is 35.5. The topological polar surface area (TPSA) is 67.5 Å². The van der Waals surface area contributed by atoms with Gasteiger partial charge in [-0.2, -0.15) is 0 Å². The van der Waals surface area contributed by atoms with Gasteiger partial charge < -0.3 is 20.9 Å². The zero-order valence-corrected chi connectivity index (χ0v) is 16.4. The van der Waals surface area contributed by atoms with E-state index in [1.165, 1.54) is 6.07 Å². The smallest absolute Gasteiger partial charge is 0.126 e. The Morgan fingerprint density at radius 3 is 2.64 bits per heavy atom. The first-order chi connectivity index (χ1) is 13.4. The Hall–Kier alpha value is -2.76. The minimum absolute atomic E-state index is 0.362. The van der Waals surface area contributed by atoms with Gasteiger partial charge in [-0.05, 0) is 53.9 Å². The van der Waals surface area contributed by atoms with E-state index in [0.717, 1.165) is 5.56 Å². The Morgan fingerprint density at radius 1 is 1.14 bits per heavy atom. The van der Waals surface area contributed by atoms with E-state index in [9.17, 15) is 9.50 Å². The van der Waals surface area contributed by atoms with E-state index in [4.69, 9.17) is 22.1 Å². The largest absolute Gasteiger partial charge is 0.497 e. The fourth-order valence-electron chi connectivity index (χ4n) is 3.06. The molecule has 0 bridgehead atoms. The number of aliphatic hydroxyl groups excluding tert-OH is 1. The number of rotatable bonds is 6. The van der Waals surface area contributed by atoms with Crippen LogP contribution in [0.4, 0.5) is 15.8 Å². The van der Waals surface area contributed by atoms with Gasteiger partial charge in [0.05, 0.1) is 7.11 Å². The summed E-state index contributed by atoms with van der Waals surface area (Å²) in [7, 11) is 1.59. The average molecular weight is 401 g/mol. The van der Waals surface area contributed by atoms with E-state index >= 15 is 0 Å². The molecule has 0 aliphatic carbocycles. The van der Waals surface area contributed by atoms with Crippen LogP contribution < -0.4 is 15.8 Å². The van der Waals surface area contributed by atoms with E-state index < -0.39 is 6.10 Å². The molecule has 0 spiro atoms. The molecule has 0 heterocycles. The molecular formula is C22H22ClFN2O2. The summed E-state index contributed by atoms with van der Waals surface area (Å²) in [6, 6.07) is 15.3. The molecule has 0 amide bonds. The summed E-state index contributed by atoms with van der Waals surface area (Å²) < 4.78 is 19.1. The van der Waals surface area contributed by atoms with E-state index in [0.29, 0.717) is 45.4 Å². The average Bonchev–Trinajstić information content (AvgIpc) is 2.69. The number of ether oxygens (including phenoxy) is 1. The molecule has 146 valence electrons. The Bertz CT molecular complexity index is 994. The lowest BCUT2D eigenvalue weighted by Crippen LogP contribution is -2.09. The van der Waals surface area contributed by atoms with E-state index in [2.05, 4.69) is 5.32 Å². The monoisotopic (exact) mass is 400 g/mol. The number of anilines is 2. The molecule has 3 aromatic rings. The third kappa shape index (κ3) is 4.21. The number of aliphatic hydroxyl groups is 1. The zero-order valence-electron chi connectivity index (χ0n) is 15.7. The summed E-state index contributed by atoms with van der Waals surface area (Å²) in [5, 5.41) is 14.7. The van der Waals surface area contributed by atoms with Crippen molar-refractivity contribution < 1.29 is 14.2 Å². The Labute approximate surface area is 168 Å². The second-order valence-corrected chi connectivity index (χ2v) is 6.94. The van der Waals surface area contributed by atoms with Crippen LogP contribution in [-0.4, -0.2) is 12.2 Å². The van der Waals surface area contributed by atoms with Gasteiger partial charge in [0.25, 0.3) is 0 Å². The van der Waals surface area contributed by atoms with Crippen LogP contribution in [0.2, 0.25) is 5.02 Å². The molecule has 0 saturated carbocycles. The Kier molecular flexibility index (Phi) is 6.07. The van der Waals surface area contributed by atoms with Crippen molar-refractivity contribution in [3.05, 3.63) is 87.7 Å². The summed E-state index contributed by atoms with van der Waals surface area (Å²) in [5.41, 5.74) is 9.72. The molecule has 4 N–H and O–H groups in total. The van der Waals surface area contributed by atoms with Crippen LogP contribution in [0.1, 0.15) is 28.4 Å². The fourth-order valence-corrected chi connectivity index (χ4v) is 3.24. The van der Waals surface area contributed by atoms with Gasteiger partial charge in [0.2, 0.25) is 0 Å². The first-order valence-corrected chi connectivity index (χ1v) is 9.17. The molecule has 0 fully saturated rings. The predicted molar refractivity (Wildman–Crippen MR) is 111 cm³/mol. The molecule has 4 nitrogen and oxygen atoms in total. The van der Waals surface area contributed by atoms with Gasteiger partial charge >= 0.3 is 0 Å². The van der Waals surface area contributed by atoms with Crippen LogP contribution in [0.25, 0.3) is 0 Å². The van der Waals surface area contributed by atoms with Gasteiger partial charge in [-0.25, -0.2) is 4.39 Å². The molecule has 0 aromatic heterocycles. The summed E-state index contributed by atoms with van der Waals surface area (Å²) in [6.45, 7) is 2.09. The molecule has 0 saturated heterocycles. The number of nitrogens with one attached hydrogen (secondary N) is 1. The number of nitrogens with two attached hydrogens (primary N) is 1. The lowest BCUT2D eigenvalue weighted by Gasteiger charge is -2.20. The Morgan fingerprint density at radius 2 is 1.93 bits per heavy atom. The standard InChI is InChI=1S/C22H22ClFN2O2/c1-13-17(4-3-5-19(13)24)22(27)18-10-15(23)7-9-21(18)26-12-14-6-8-16(28-2)11-20(14)25/h3-11,22,26-27H,12,25H2,1-2H3. The van der Waals surface area contributed by atoms with Gasteiger partial charge in [0.1, 0.15) is 17.7 Å². The molecule has 6 heteroatoms. The number of benzene rings is 3. The third-order valence-electron chi connectivity index (χ3n) is 4.73. The van der Waals surface area contributed by atoms with E-state index in [-0.39, 0.29) is 5.82 Å². The quantitative estimate of drug-likeness (QED) is 0.505. The number of hydrogen-bond donors (Lipinski definition) is 3. The van der Waals surface area contributed by atoms with Crippen LogP contribution in [0.5, 0.6) is 5.75 Å². The lowest BCUT2D eigenvalue weighted by molar-refractivity contribution is 0.219. The molecule has 1 atom stereocenters. The van der Waals surface area contributed by atoms with E-state index in [1.807, 2.05) is 12.1 Å². The summed E-state index contributed by atoms with van der Waals surface area (Å²) in [6.07, 6.45) is -1.02. The van der Waals surface area contributed by atoms with Crippen LogP contribution in [0.15, 0.2) is 54.6 Å². The van der Waals surface area contributed by atoms with Crippen molar-refractivity contribution in [2.45, 2.75) is 19.6 Å². The minimum atomic E-state index is -1.02. The van der Waals surface area contributed by atoms with Gasteiger partial charge in [-0.3, -0.25) is 0 Å². The van der Waals surface area contributed by atoms with Gasteiger partial charge in [0.15, 0.2) is 0 Å². The molecule has 3 aromatic carbocycles. The van der Waals surface area contributed by atoms with Crippen LogP contribution in [0.3, 0.4) is 0 Å². The number of nitrogen functional groups attached to an aromatic ring is 1. The van der Waals surface area contributed by atoms with Crippen molar-refractivity contribution in [3.8, 4) is 5.75 Å². The highest BCUT2D eigenvalue weighted by molar-refractivity contribution is 6.30. The van der Waals surface area contributed by atoms with Crippen molar-refractivity contribution >= 4 is 23.0 Å². The maximum absolute atomic E-state index is 13.9. The highest BCUT2D eigenvalue weighted by Gasteiger charge is 2.19. The predicted octanol–water partition coefficient (Wildman–Crippen LogP) is 5.07. The summed E-state index contributed by atoms with van der Waals surface area (Å²) in [4.78, 5) is 0. The molecule has 28 heavy (non-hydrogen) atoms. The first-order valence-electron chi connectivity index (χ1n) is 8.79. The van der Waals surface area contributed by atoms with Crippen molar-refractivity contribution in [1.82, 2.24) is 0 Å². The SMILES string of the molecule is COc1ccc(CNc2ccc(Cl)cc2C(O)c2cccc(F)c2C)c(N)c1. The molecule has 0 radical (unpaired) electrons.